The lowest BCUT2D eigenvalue weighted by atomic mass is 9.67. The second-order valence-corrected chi connectivity index (χ2v) is 4.58. The van der Waals surface area contributed by atoms with E-state index in [0.29, 0.717) is 0 Å². The molecule has 12 heavy (non-hydrogen) atoms. The van der Waals surface area contributed by atoms with E-state index in [1.54, 1.807) is 0 Å². The normalized spacial score (nSPS) is 31.8. The van der Waals surface area contributed by atoms with Gasteiger partial charge in [-0.25, -0.2) is 0 Å². The van der Waals surface area contributed by atoms with Crippen molar-refractivity contribution in [1.29, 1.82) is 0 Å². The molecule has 0 heterocycles. The Morgan fingerprint density at radius 2 is 1.75 bits per heavy atom. The van der Waals surface area contributed by atoms with Gasteiger partial charge in [0.25, 0.3) is 0 Å². The molecule has 0 spiro atoms. The molecule has 1 saturated carbocycles. The van der Waals surface area contributed by atoms with Crippen molar-refractivity contribution in [3.8, 4) is 0 Å². The molecule has 1 atom stereocenters. The van der Waals surface area contributed by atoms with Crippen molar-refractivity contribution in [3.63, 3.8) is 0 Å². The maximum atomic E-state index is 3.51. The van der Waals surface area contributed by atoms with Crippen molar-refractivity contribution >= 4 is 0 Å². The fraction of sp³-hybridized carbons (Fsp3) is 1.00. The molecule has 0 bridgehead atoms. The first-order chi connectivity index (χ1) is 5.65. The van der Waals surface area contributed by atoms with E-state index in [0.717, 1.165) is 30.3 Å². The Kier molecular flexibility index (Phi) is 3.57. The van der Waals surface area contributed by atoms with Crippen LogP contribution in [0.3, 0.4) is 0 Å². The van der Waals surface area contributed by atoms with Gasteiger partial charge in [-0.2, -0.15) is 0 Å². The summed E-state index contributed by atoms with van der Waals surface area (Å²) in [6, 6.07) is 0.741. The topological polar surface area (TPSA) is 12.0 Å². The van der Waals surface area contributed by atoms with E-state index in [9.17, 15) is 0 Å². The standard InChI is InChI=1S/C11H23N/c1-5-12-9(4)11-6-10(7-11)8(2)3/h8-12H,5-7H2,1-4H3. The molecule has 1 rings (SSSR count). The third-order valence-electron chi connectivity index (χ3n) is 3.39. The van der Waals surface area contributed by atoms with Gasteiger partial charge in [0.2, 0.25) is 0 Å². The Morgan fingerprint density at radius 3 is 2.17 bits per heavy atom. The fourth-order valence-electron chi connectivity index (χ4n) is 2.15. The van der Waals surface area contributed by atoms with Crippen LogP contribution in [0.1, 0.15) is 40.5 Å². The molecule has 0 radical (unpaired) electrons. The molecular formula is C11H23N. The van der Waals surface area contributed by atoms with Gasteiger partial charge in [-0.3, -0.25) is 0 Å². The van der Waals surface area contributed by atoms with Crippen molar-refractivity contribution in [2.75, 3.05) is 6.54 Å². The Bertz CT molecular complexity index is 125. The second-order valence-electron chi connectivity index (χ2n) is 4.58. The molecule has 1 fully saturated rings. The van der Waals surface area contributed by atoms with E-state index in [2.05, 4.69) is 33.0 Å². The molecule has 0 amide bonds. The highest BCUT2D eigenvalue weighted by atomic mass is 14.9. The molecule has 1 aliphatic carbocycles. The van der Waals surface area contributed by atoms with E-state index in [1.165, 1.54) is 12.8 Å². The molecule has 72 valence electrons. The summed E-state index contributed by atoms with van der Waals surface area (Å²) in [6.45, 7) is 10.3. The summed E-state index contributed by atoms with van der Waals surface area (Å²) in [5.74, 6) is 2.86. The summed E-state index contributed by atoms with van der Waals surface area (Å²) in [6.07, 6.45) is 2.90. The zero-order valence-corrected chi connectivity index (χ0v) is 8.93. The van der Waals surface area contributed by atoms with Crippen LogP contribution in [-0.4, -0.2) is 12.6 Å². The number of nitrogens with one attached hydrogen (secondary N) is 1. The maximum absolute atomic E-state index is 3.51. The Morgan fingerprint density at radius 1 is 1.17 bits per heavy atom. The highest BCUT2D eigenvalue weighted by Crippen LogP contribution is 2.40. The summed E-state index contributed by atoms with van der Waals surface area (Å²) in [4.78, 5) is 0. The van der Waals surface area contributed by atoms with Gasteiger partial charge in [0, 0.05) is 6.04 Å². The summed E-state index contributed by atoms with van der Waals surface area (Å²) >= 11 is 0. The molecule has 0 aromatic carbocycles. The lowest BCUT2D eigenvalue weighted by Gasteiger charge is -2.41. The van der Waals surface area contributed by atoms with Crippen LogP contribution in [0.2, 0.25) is 0 Å². The Balaban J connectivity index is 2.16. The SMILES string of the molecule is CCNC(C)C1CC(C(C)C)C1. The van der Waals surface area contributed by atoms with E-state index in [4.69, 9.17) is 0 Å². The minimum absolute atomic E-state index is 0.741. The maximum Gasteiger partial charge on any atom is 0.00670 e. The number of rotatable bonds is 4. The van der Waals surface area contributed by atoms with Crippen molar-refractivity contribution in [3.05, 3.63) is 0 Å². The summed E-state index contributed by atoms with van der Waals surface area (Å²) in [5.41, 5.74) is 0. The van der Waals surface area contributed by atoms with E-state index < -0.39 is 0 Å². The third kappa shape index (κ3) is 2.22. The van der Waals surface area contributed by atoms with E-state index in [-0.39, 0.29) is 0 Å². The van der Waals surface area contributed by atoms with Crippen LogP contribution in [0.5, 0.6) is 0 Å². The van der Waals surface area contributed by atoms with Crippen molar-refractivity contribution in [2.45, 2.75) is 46.6 Å². The van der Waals surface area contributed by atoms with E-state index >= 15 is 0 Å². The molecule has 0 saturated heterocycles. The molecule has 1 heteroatoms. The predicted octanol–water partition coefficient (Wildman–Crippen LogP) is 2.67. The van der Waals surface area contributed by atoms with Gasteiger partial charge in [0.1, 0.15) is 0 Å². The highest BCUT2D eigenvalue weighted by molar-refractivity contribution is 4.87. The molecular weight excluding hydrogens is 146 g/mol. The van der Waals surface area contributed by atoms with Crippen molar-refractivity contribution in [2.24, 2.45) is 17.8 Å². The molecule has 1 nitrogen and oxygen atoms in total. The Labute approximate surface area is 76.9 Å². The average molecular weight is 169 g/mol. The first kappa shape index (κ1) is 10.0. The van der Waals surface area contributed by atoms with Crippen LogP contribution in [0.15, 0.2) is 0 Å². The van der Waals surface area contributed by atoms with Crippen LogP contribution in [-0.2, 0) is 0 Å². The molecule has 1 N–H and O–H groups in total. The summed E-state index contributed by atoms with van der Waals surface area (Å²) in [7, 11) is 0. The molecule has 1 unspecified atom stereocenters. The van der Waals surface area contributed by atoms with E-state index in [1.807, 2.05) is 0 Å². The van der Waals surface area contributed by atoms with Crippen LogP contribution in [0, 0.1) is 17.8 Å². The van der Waals surface area contributed by atoms with Crippen LogP contribution in [0.4, 0.5) is 0 Å². The monoisotopic (exact) mass is 169 g/mol. The first-order valence-electron chi connectivity index (χ1n) is 5.38. The van der Waals surface area contributed by atoms with Gasteiger partial charge in [-0.1, -0.05) is 20.8 Å². The quantitative estimate of drug-likeness (QED) is 0.682. The third-order valence-corrected chi connectivity index (χ3v) is 3.39. The number of hydrogen-bond donors (Lipinski definition) is 1. The Hall–Kier alpha value is -0.0400. The average Bonchev–Trinajstić information content (AvgIpc) is 1.82. The number of hydrogen-bond acceptors (Lipinski definition) is 1. The molecule has 0 aromatic heterocycles. The van der Waals surface area contributed by atoms with Gasteiger partial charge >= 0.3 is 0 Å². The van der Waals surface area contributed by atoms with Gasteiger partial charge in [0.05, 0.1) is 0 Å². The lowest BCUT2D eigenvalue weighted by Crippen LogP contribution is -2.42. The minimum atomic E-state index is 0.741. The first-order valence-corrected chi connectivity index (χ1v) is 5.38. The summed E-state index contributed by atoms with van der Waals surface area (Å²) < 4.78 is 0. The van der Waals surface area contributed by atoms with Crippen LogP contribution in [0.25, 0.3) is 0 Å². The predicted molar refractivity (Wildman–Crippen MR) is 54.2 cm³/mol. The highest BCUT2D eigenvalue weighted by Gasteiger charge is 2.33. The largest absolute Gasteiger partial charge is 0.314 e. The smallest absolute Gasteiger partial charge is 0.00670 e. The zero-order chi connectivity index (χ0) is 9.14. The van der Waals surface area contributed by atoms with Crippen molar-refractivity contribution in [1.82, 2.24) is 5.32 Å². The molecule has 0 aromatic rings. The van der Waals surface area contributed by atoms with Gasteiger partial charge in [-0.05, 0) is 44.1 Å². The molecule has 0 aliphatic heterocycles. The lowest BCUT2D eigenvalue weighted by molar-refractivity contribution is 0.111. The van der Waals surface area contributed by atoms with Gasteiger partial charge in [0.15, 0.2) is 0 Å². The zero-order valence-electron chi connectivity index (χ0n) is 8.93. The summed E-state index contributed by atoms with van der Waals surface area (Å²) in [5, 5.41) is 3.51. The van der Waals surface area contributed by atoms with Crippen LogP contribution < -0.4 is 5.32 Å². The fourth-order valence-corrected chi connectivity index (χ4v) is 2.15. The molecule has 1 aliphatic rings. The second kappa shape index (κ2) is 4.27. The van der Waals surface area contributed by atoms with Crippen LogP contribution >= 0.6 is 0 Å². The van der Waals surface area contributed by atoms with Gasteiger partial charge in [-0.15, -0.1) is 0 Å². The van der Waals surface area contributed by atoms with Crippen molar-refractivity contribution < 1.29 is 0 Å². The minimum Gasteiger partial charge on any atom is -0.314 e. The van der Waals surface area contributed by atoms with Gasteiger partial charge < -0.3 is 5.32 Å².